The molecule has 0 fully saturated rings. The van der Waals surface area contributed by atoms with Gasteiger partial charge in [-0.15, -0.1) is 0 Å². The molecule has 0 aliphatic rings. The lowest BCUT2D eigenvalue weighted by Crippen LogP contribution is -1.94. The molecular formula is C16H13BrN2O. The highest BCUT2D eigenvalue weighted by Gasteiger charge is 2.03. The van der Waals surface area contributed by atoms with Gasteiger partial charge in [0.25, 0.3) is 0 Å². The number of pyridine rings is 1. The van der Waals surface area contributed by atoms with E-state index in [0.29, 0.717) is 0 Å². The predicted octanol–water partition coefficient (Wildman–Crippen LogP) is 4.75. The second-order valence-electron chi connectivity index (χ2n) is 4.36. The van der Waals surface area contributed by atoms with E-state index in [9.17, 15) is 0 Å². The molecule has 3 nitrogen and oxygen atoms in total. The van der Waals surface area contributed by atoms with Gasteiger partial charge in [0.15, 0.2) is 0 Å². The number of benzene rings is 2. The van der Waals surface area contributed by atoms with Crippen LogP contribution in [0.4, 0.5) is 11.5 Å². The van der Waals surface area contributed by atoms with E-state index in [1.165, 1.54) is 0 Å². The number of aromatic nitrogens is 1. The maximum absolute atomic E-state index is 5.23. The van der Waals surface area contributed by atoms with E-state index in [4.69, 9.17) is 4.74 Å². The van der Waals surface area contributed by atoms with Gasteiger partial charge in [0.2, 0.25) is 0 Å². The van der Waals surface area contributed by atoms with Crippen LogP contribution in [0.2, 0.25) is 0 Å². The second-order valence-corrected chi connectivity index (χ2v) is 5.21. The summed E-state index contributed by atoms with van der Waals surface area (Å²) in [5.41, 5.74) is 1.89. The minimum absolute atomic E-state index is 0.803. The molecule has 4 heteroatoms. The van der Waals surface area contributed by atoms with Gasteiger partial charge in [-0.1, -0.05) is 12.1 Å². The molecule has 2 aromatic carbocycles. The third-order valence-electron chi connectivity index (χ3n) is 3.04. The molecule has 1 heterocycles. The van der Waals surface area contributed by atoms with Crippen LogP contribution < -0.4 is 10.1 Å². The van der Waals surface area contributed by atoms with Crippen LogP contribution >= 0.6 is 15.9 Å². The molecule has 0 saturated heterocycles. The number of hydrogen-bond donors (Lipinski definition) is 1. The molecule has 0 atom stereocenters. The maximum Gasteiger partial charge on any atom is 0.131 e. The first-order chi connectivity index (χ1) is 9.76. The van der Waals surface area contributed by atoms with E-state index >= 15 is 0 Å². The Morgan fingerprint density at radius 2 is 1.85 bits per heavy atom. The monoisotopic (exact) mass is 328 g/mol. The minimum atomic E-state index is 0.803. The third kappa shape index (κ3) is 2.60. The summed E-state index contributed by atoms with van der Waals surface area (Å²) in [5, 5.41) is 4.39. The number of ether oxygens (including phenoxy) is 1. The Kier molecular flexibility index (Phi) is 3.56. The fourth-order valence-corrected chi connectivity index (χ4v) is 2.38. The average molecular weight is 329 g/mol. The molecule has 20 heavy (non-hydrogen) atoms. The summed E-state index contributed by atoms with van der Waals surface area (Å²) in [7, 11) is 1.66. The predicted molar refractivity (Wildman–Crippen MR) is 85.7 cm³/mol. The van der Waals surface area contributed by atoms with Crippen molar-refractivity contribution in [3.63, 3.8) is 0 Å². The molecule has 3 rings (SSSR count). The fourth-order valence-electron chi connectivity index (χ4n) is 1.99. The summed E-state index contributed by atoms with van der Waals surface area (Å²) in [6, 6.07) is 17.8. The fraction of sp³-hybridized carbons (Fsp3) is 0.0625. The number of para-hydroxylation sites is 1. The Bertz CT molecular complexity index is 758. The van der Waals surface area contributed by atoms with Crippen LogP contribution in [0.1, 0.15) is 0 Å². The quantitative estimate of drug-likeness (QED) is 0.753. The molecule has 100 valence electrons. The standard InChI is InChI=1S/C16H13BrN2O/c1-20-12-8-6-11-7-9-16(19-15(11)10-12)18-14-5-3-2-4-13(14)17/h2-10H,1H3,(H,18,19). The van der Waals surface area contributed by atoms with Crippen molar-refractivity contribution < 1.29 is 4.74 Å². The maximum atomic E-state index is 5.23. The smallest absolute Gasteiger partial charge is 0.131 e. The summed E-state index contributed by atoms with van der Waals surface area (Å²) in [6.45, 7) is 0. The highest BCUT2D eigenvalue weighted by atomic mass is 79.9. The van der Waals surface area contributed by atoms with Gasteiger partial charge in [0.1, 0.15) is 11.6 Å². The van der Waals surface area contributed by atoms with Crippen LogP contribution in [0.15, 0.2) is 59.1 Å². The number of nitrogens with zero attached hydrogens (tertiary/aromatic N) is 1. The highest BCUT2D eigenvalue weighted by Crippen LogP contribution is 2.26. The van der Waals surface area contributed by atoms with Crippen molar-refractivity contribution in [2.45, 2.75) is 0 Å². The topological polar surface area (TPSA) is 34.1 Å². The van der Waals surface area contributed by atoms with Gasteiger partial charge in [0.05, 0.1) is 18.3 Å². The Hall–Kier alpha value is -2.07. The number of fused-ring (bicyclic) bond motifs is 1. The second kappa shape index (κ2) is 5.51. The van der Waals surface area contributed by atoms with Gasteiger partial charge >= 0.3 is 0 Å². The summed E-state index contributed by atoms with van der Waals surface area (Å²) in [6.07, 6.45) is 0. The van der Waals surface area contributed by atoms with Crippen LogP contribution in [0.25, 0.3) is 10.9 Å². The van der Waals surface area contributed by atoms with Crippen molar-refractivity contribution in [2.75, 3.05) is 12.4 Å². The van der Waals surface area contributed by atoms with Gasteiger partial charge < -0.3 is 10.1 Å². The van der Waals surface area contributed by atoms with Crippen molar-refractivity contribution in [2.24, 2.45) is 0 Å². The van der Waals surface area contributed by atoms with Gasteiger partial charge in [-0.05, 0) is 52.3 Å². The summed E-state index contributed by atoms with van der Waals surface area (Å²) < 4.78 is 6.24. The molecule has 0 saturated carbocycles. The lowest BCUT2D eigenvalue weighted by atomic mass is 10.2. The SMILES string of the molecule is COc1ccc2ccc(Nc3ccccc3Br)nc2c1. The van der Waals surface area contributed by atoms with Crippen molar-refractivity contribution in [3.05, 3.63) is 59.1 Å². The summed E-state index contributed by atoms with van der Waals surface area (Å²) in [5.74, 6) is 1.61. The van der Waals surface area contributed by atoms with Gasteiger partial charge in [-0.25, -0.2) is 4.98 Å². The molecule has 0 spiro atoms. The molecule has 0 radical (unpaired) electrons. The zero-order chi connectivity index (χ0) is 13.9. The number of rotatable bonds is 3. The van der Waals surface area contributed by atoms with Crippen LogP contribution in [-0.2, 0) is 0 Å². The minimum Gasteiger partial charge on any atom is -0.497 e. The van der Waals surface area contributed by atoms with E-state index in [2.05, 4.69) is 26.2 Å². The van der Waals surface area contributed by atoms with Crippen molar-refractivity contribution in [3.8, 4) is 5.75 Å². The van der Waals surface area contributed by atoms with E-state index < -0.39 is 0 Å². The molecule has 0 amide bonds. The number of halogens is 1. The van der Waals surface area contributed by atoms with Crippen molar-refractivity contribution in [1.29, 1.82) is 0 Å². The Balaban J connectivity index is 1.98. The molecule has 1 N–H and O–H groups in total. The summed E-state index contributed by atoms with van der Waals surface area (Å²) >= 11 is 3.52. The first-order valence-corrected chi connectivity index (χ1v) is 7.02. The third-order valence-corrected chi connectivity index (χ3v) is 3.73. The van der Waals surface area contributed by atoms with Crippen LogP contribution in [0, 0.1) is 0 Å². The normalized spacial score (nSPS) is 10.5. The van der Waals surface area contributed by atoms with E-state index in [1.807, 2.05) is 54.6 Å². The average Bonchev–Trinajstić information content (AvgIpc) is 2.49. The van der Waals surface area contributed by atoms with E-state index in [-0.39, 0.29) is 0 Å². The van der Waals surface area contributed by atoms with E-state index in [1.54, 1.807) is 7.11 Å². The number of methoxy groups -OCH3 is 1. The van der Waals surface area contributed by atoms with Crippen molar-refractivity contribution >= 4 is 38.3 Å². The van der Waals surface area contributed by atoms with Gasteiger partial charge in [-0.3, -0.25) is 0 Å². The Morgan fingerprint density at radius 3 is 2.65 bits per heavy atom. The van der Waals surface area contributed by atoms with Crippen LogP contribution in [0.5, 0.6) is 5.75 Å². The first kappa shape index (κ1) is 12.9. The molecule has 0 bridgehead atoms. The Labute approximate surface area is 125 Å². The molecular weight excluding hydrogens is 316 g/mol. The van der Waals surface area contributed by atoms with Crippen molar-refractivity contribution in [1.82, 2.24) is 4.98 Å². The van der Waals surface area contributed by atoms with Gasteiger partial charge in [-0.2, -0.15) is 0 Å². The van der Waals surface area contributed by atoms with Crippen LogP contribution in [-0.4, -0.2) is 12.1 Å². The van der Waals surface area contributed by atoms with E-state index in [0.717, 1.165) is 32.6 Å². The zero-order valence-electron chi connectivity index (χ0n) is 10.9. The molecule has 1 aromatic heterocycles. The lowest BCUT2D eigenvalue weighted by Gasteiger charge is -2.09. The highest BCUT2D eigenvalue weighted by molar-refractivity contribution is 9.10. The number of hydrogen-bond acceptors (Lipinski definition) is 3. The number of anilines is 2. The Morgan fingerprint density at radius 1 is 1.05 bits per heavy atom. The van der Waals surface area contributed by atoms with Gasteiger partial charge in [0, 0.05) is 15.9 Å². The molecule has 0 aliphatic carbocycles. The molecule has 0 aliphatic heterocycles. The zero-order valence-corrected chi connectivity index (χ0v) is 12.5. The molecule has 0 unspecified atom stereocenters. The number of nitrogens with one attached hydrogen (secondary N) is 1. The largest absolute Gasteiger partial charge is 0.497 e. The molecule has 3 aromatic rings. The lowest BCUT2D eigenvalue weighted by molar-refractivity contribution is 0.415. The first-order valence-electron chi connectivity index (χ1n) is 6.22. The van der Waals surface area contributed by atoms with Crippen LogP contribution in [0.3, 0.4) is 0 Å². The summed E-state index contributed by atoms with van der Waals surface area (Å²) in [4.78, 5) is 4.61.